The molecule has 4 nitrogen and oxygen atoms in total. The lowest BCUT2D eigenvalue weighted by atomic mass is 10.1. The van der Waals surface area contributed by atoms with Crippen LogP contribution in [0.15, 0.2) is 30.6 Å². The number of nitrogens with one attached hydrogen (secondary N) is 1. The highest BCUT2D eigenvalue weighted by molar-refractivity contribution is 5.37. The Hall–Kier alpha value is -2.17. The predicted octanol–water partition coefficient (Wildman–Crippen LogP) is 2.84. The number of hydrogen-bond donors (Lipinski definition) is 1. The first-order valence-electron chi connectivity index (χ1n) is 6.60. The van der Waals surface area contributed by atoms with Crippen LogP contribution in [0.4, 0.5) is 10.2 Å². The van der Waals surface area contributed by atoms with Crippen LogP contribution in [0.25, 0.3) is 0 Å². The number of halogens is 1. The lowest BCUT2D eigenvalue weighted by molar-refractivity contribution is 0.414. The molecular formula is C15H18FN3O. The monoisotopic (exact) mass is 275 g/mol. The van der Waals surface area contributed by atoms with Gasteiger partial charge in [-0.3, -0.25) is 0 Å². The minimum absolute atomic E-state index is 0.269. The third-order valence-corrected chi connectivity index (χ3v) is 3.06. The van der Waals surface area contributed by atoms with Crippen LogP contribution in [0, 0.1) is 5.82 Å². The van der Waals surface area contributed by atoms with E-state index in [9.17, 15) is 4.39 Å². The van der Waals surface area contributed by atoms with Crippen molar-refractivity contribution in [2.45, 2.75) is 19.8 Å². The van der Waals surface area contributed by atoms with Gasteiger partial charge in [0.2, 0.25) is 0 Å². The zero-order valence-corrected chi connectivity index (χ0v) is 11.7. The van der Waals surface area contributed by atoms with Crippen LogP contribution in [0.5, 0.6) is 5.75 Å². The second-order valence-corrected chi connectivity index (χ2v) is 4.36. The Bertz CT molecular complexity index is 558. The predicted molar refractivity (Wildman–Crippen MR) is 76.6 cm³/mol. The molecule has 0 saturated heterocycles. The molecule has 20 heavy (non-hydrogen) atoms. The highest BCUT2D eigenvalue weighted by Crippen LogP contribution is 2.14. The summed E-state index contributed by atoms with van der Waals surface area (Å²) in [6.45, 7) is 2.48. The Kier molecular flexibility index (Phi) is 4.87. The van der Waals surface area contributed by atoms with Gasteiger partial charge in [-0.05, 0) is 30.5 Å². The number of methoxy groups -OCH3 is 1. The molecule has 1 aromatic heterocycles. The SMILES string of the molecule is CCc1ncnc(NCCc2ccc(OC)cc2)c1F. The standard InChI is InChI=1S/C15H18FN3O/c1-3-13-14(16)15(19-10-18-13)17-9-8-11-4-6-12(20-2)7-5-11/h4-7,10H,3,8-9H2,1-2H3,(H,17,18,19). The molecule has 0 unspecified atom stereocenters. The lowest BCUT2D eigenvalue weighted by Crippen LogP contribution is -2.10. The van der Waals surface area contributed by atoms with Crippen molar-refractivity contribution in [2.24, 2.45) is 0 Å². The number of anilines is 1. The summed E-state index contributed by atoms with van der Waals surface area (Å²) in [6.07, 6.45) is 2.73. The number of ether oxygens (including phenoxy) is 1. The number of hydrogen-bond acceptors (Lipinski definition) is 4. The minimum Gasteiger partial charge on any atom is -0.497 e. The van der Waals surface area contributed by atoms with Gasteiger partial charge in [-0.1, -0.05) is 19.1 Å². The van der Waals surface area contributed by atoms with Gasteiger partial charge in [-0.2, -0.15) is 0 Å². The molecule has 0 aliphatic carbocycles. The van der Waals surface area contributed by atoms with E-state index in [0.29, 0.717) is 18.7 Å². The Labute approximate surface area is 118 Å². The molecule has 0 amide bonds. The van der Waals surface area contributed by atoms with Crippen LogP contribution in [0.2, 0.25) is 0 Å². The van der Waals surface area contributed by atoms with Crippen molar-refractivity contribution in [3.63, 3.8) is 0 Å². The molecule has 0 aliphatic heterocycles. The molecule has 1 aromatic carbocycles. The molecule has 0 atom stereocenters. The molecule has 5 heteroatoms. The summed E-state index contributed by atoms with van der Waals surface area (Å²) >= 11 is 0. The van der Waals surface area contributed by atoms with Crippen molar-refractivity contribution in [3.8, 4) is 5.75 Å². The Morgan fingerprint density at radius 2 is 1.95 bits per heavy atom. The maximum atomic E-state index is 13.9. The van der Waals surface area contributed by atoms with Crippen LogP contribution in [-0.2, 0) is 12.8 Å². The van der Waals surface area contributed by atoms with E-state index in [4.69, 9.17) is 4.74 Å². The molecule has 1 N–H and O–H groups in total. The molecule has 0 fully saturated rings. The van der Waals surface area contributed by atoms with Gasteiger partial charge in [0.15, 0.2) is 11.6 Å². The second-order valence-electron chi connectivity index (χ2n) is 4.36. The summed E-state index contributed by atoms with van der Waals surface area (Å²) < 4.78 is 19.0. The normalized spacial score (nSPS) is 10.3. The summed E-state index contributed by atoms with van der Waals surface area (Å²) in [7, 11) is 1.64. The van der Waals surface area contributed by atoms with Crippen molar-refractivity contribution < 1.29 is 9.13 Å². The van der Waals surface area contributed by atoms with E-state index >= 15 is 0 Å². The van der Waals surface area contributed by atoms with Gasteiger partial charge in [-0.25, -0.2) is 14.4 Å². The molecule has 0 aliphatic rings. The van der Waals surface area contributed by atoms with Crippen molar-refractivity contribution in [2.75, 3.05) is 19.0 Å². The zero-order chi connectivity index (χ0) is 14.4. The van der Waals surface area contributed by atoms with E-state index in [1.54, 1.807) is 7.11 Å². The largest absolute Gasteiger partial charge is 0.497 e. The van der Waals surface area contributed by atoms with Crippen molar-refractivity contribution >= 4 is 5.82 Å². The van der Waals surface area contributed by atoms with Gasteiger partial charge in [-0.15, -0.1) is 0 Å². The smallest absolute Gasteiger partial charge is 0.186 e. The Morgan fingerprint density at radius 1 is 1.20 bits per heavy atom. The van der Waals surface area contributed by atoms with Crippen molar-refractivity contribution in [1.82, 2.24) is 9.97 Å². The van der Waals surface area contributed by atoms with Gasteiger partial charge < -0.3 is 10.1 Å². The third kappa shape index (κ3) is 3.44. The fourth-order valence-electron chi connectivity index (χ4n) is 1.89. The lowest BCUT2D eigenvalue weighted by Gasteiger charge is -2.08. The first-order chi connectivity index (χ1) is 9.74. The van der Waals surface area contributed by atoms with Crippen LogP contribution >= 0.6 is 0 Å². The third-order valence-electron chi connectivity index (χ3n) is 3.06. The number of aryl methyl sites for hydroxylation is 1. The van der Waals surface area contributed by atoms with Crippen LogP contribution in [0.3, 0.4) is 0 Å². The second kappa shape index (κ2) is 6.84. The number of rotatable bonds is 6. The van der Waals surface area contributed by atoms with E-state index in [0.717, 1.165) is 17.7 Å². The summed E-state index contributed by atoms with van der Waals surface area (Å²) in [4.78, 5) is 7.83. The van der Waals surface area contributed by atoms with Crippen LogP contribution in [0.1, 0.15) is 18.2 Å². The zero-order valence-electron chi connectivity index (χ0n) is 11.7. The average molecular weight is 275 g/mol. The van der Waals surface area contributed by atoms with E-state index in [-0.39, 0.29) is 11.6 Å². The fourth-order valence-corrected chi connectivity index (χ4v) is 1.89. The van der Waals surface area contributed by atoms with Gasteiger partial charge in [0.05, 0.1) is 12.8 Å². The Morgan fingerprint density at radius 3 is 2.60 bits per heavy atom. The first-order valence-corrected chi connectivity index (χ1v) is 6.60. The average Bonchev–Trinajstić information content (AvgIpc) is 2.49. The summed E-state index contributed by atoms with van der Waals surface area (Å²) in [5.74, 6) is 0.742. The molecule has 0 spiro atoms. The Balaban J connectivity index is 1.92. The van der Waals surface area contributed by atoms with Crippen LogP contribution in [-0.4, -0.2) is 23.6 Å². The molecule has 2 rings (SSSR count). The minimum atomic E-state index is -0.357. The fraction of sp³-hybridized carbons (Fsp3) is 0.333. The number of benzene rings is 1. The summed E-state index contributed by atoms with van der Waals surface area (Å²) in [6, 6.07) is 7.81. The van der Waals surface area contributed by atoms with Crippen LogP contribution < -0.4 is 10.1 Å². The van der Waals surface area contributed by atoms with Gasteiger partial charge in [0.25, 0.3) is 0 Å². The van der Waals surface area contributed by atoms with E-state index in [2.05, 4.69) is 15.3 Å². The summed E-state index contributed by atoms with van der Waals surface area (Å²) in [5.41, 5.74) is 1.59. The quantitative estimate of drug-likeness (QED) is 0.880. The van der Waals surface area contributed by atoms with Gasteiger partial charge >= 0.3 is 0 Å². The highest BCUT2D eigenvalue weighted by atomic mass is 19.1. The number of aromatic nitrogens is 2. The van der Waals surface area contributed by atoms with E-state index in [1.165, 1.54) is 6.33 Å². The highest BCUT2D eigenvalue weighted by Gasteiger charge is 2.08. The first kappa shape index (κ1) is 14.2. The maximum Gasteiger partial charge on any atom is 0.186 e. The topological polar surface area (TPSA) is 47.0 Å². The molecule has 106 valence electrons. The molecule has 2 aromatic rings. The van der Waals surface area contributed by atoms with Gasteiger partial charge in [0, 0.05) is 6.54 Å². The summed E-state index contributed by atoms with van der Waals surface area (Å²) in [5, 5.41) is 3.01. The van der Waals surface area contributed by atoms with Crippen molar-refractivity contribution in [3.05, 3.63) is 47.7 Å². The molecule has 0 bridgehead atoms. The van der Waals surface area contributed by atoms with E-state index < -0.39 is 0 Å². The van der Waals surface area contributed by atoms with E-state index in [1.807, 2.05) is 31.2 Å². The van der Waals surface area contributed by atoms with Crippen molar-refractivity contribution in [1.29, 1.82) is 0 Å². The molecule has 0 saturated carbocycles. The van der Waals surface area contributed by atoms with Gasteiger partial charge in [0.1, 0.15) is 12.1 Å². The molecule has 0 radical (unpaired) electrons. The number of nitrogens with zero attached hydrogens (tertiary/aromatic N) is 2. The molecule has 1 heterocycles. The maximum absolute atomic E-state index is 13.9. The molecular weight excluding hydrogens is 257 g/mol.